The molecular formula is C35H55NO7. The van der Waals surface area contributed by atoms with E-state index in [0.717, 1.165) is 31.3 Å². The topological polar surface area (TPSA) is 111 Å². The summed E-state index contributed by atoms with van der Waals surface area (Å²) in [5.41, 5.74) is -1.81. The van der Waals surface area contributed by atoms with Crippen LogP contribution in [0.25, 0.3) is 0 Å². The molecule has 3 saturated carbocycles. The van der Waals surface area contributed by atoms with Crippen molar-refractivity contribution < 1.29 is 33.7 Å². The van der Waals surface area contributed by atoms with E-state index in [1.807, 2.05) is 20.0 Å². The van der Waals surface area contributed by atoms with Gasteiger partial charge >= 0.3 is 11.9 Å². The molecule has 11 atom stereocenters. The Morgan fingerprint density at radius 2 is 1.81 bits per heavy atom. The Kier molecular flexibility index (Phi) is 8.30. The van der Waals surface area contributed by atoms with Crippen molar-refractivity contribution in [2.24, 2.45) is 56.7 Å². The third kappa shape index (κ3) is 4.43. The molecule has 5 rings (SSSR count). The van der Waals surface area contributed by atoms with Crippen molar-refractivity contribution >= 4 is 17.7 Å². The number of aliphatic carboxylic acids is 1. The van der Waals surface area contributed by atoms with Crippen LogP contribution in [0.5, 0.6) is 0 Å². The summed E-state index contributed by atoms with van der Waals surface area (Å²) in [7, 11) is 1.89. The molecule has 43 heavy (non-hydrogen) atoms. The lowest BCUT2D eigenvalue weighted by Gasteiger charge is -2.70. The molecule has 8 heteroatoms. The normalized spacial score (nSPS) is 46.2. The van der Waals surface area contributed by atoms with Gasteiger partial charge in [-0.15, -0.1) is 0 Å². The first-order valence-corrected chi connectivity index (χ1v) is 16.5. The second kappa shape index (κ2) is 10.9. The smallest absolute Gasteiger partial charge is 0.308 e. The van der Waals surface area contributed by atoms with Crippen molar-refractivity contribution in [3.05, 3.63) is 11.6 Å². The lowest BCUT2D eigenvalue weighted by molar-refractivity contribution is -0.265. The number of esters is 1. The number of allylic oxidation sites excluding steroid dienone is 1. The molecule has 0 spiro atoms. The molecule has 4 aliphatic carbocycles. The van der Waals surface area contributed by atoms with Gasteiger partial charge in [0.2, 0.25) is 0 Å². The van der Waals surface area contributed by atoms with Gasteiger partial charge in [-0.25, -0.2) is 0 Å². The minimum atomic E-state index is -1.03. The maximum atomic E-state index is 14.7. The summed E-state index contributed by atoms with van der Waals surface area (Å²) in [5, 5.41) is 14.0. The van der Waals surface area contributed by atoms with Gasteiger partial charge in [0, 0.05) is 29.7 Å². The highest BCUT2D eigenvalue weighted by Gasteiger charge is 2.74. The number of ether oxygens (including phenoxy) is 3. The predicted octanol–water partition coefficient (Wildman–Crippen LogP) is 5.29. The maximum Gasteiger partial charge on any atom is 0.308 e. The van der Waals surface area contributed by atoms with Gasteiger partial charge in [-0.1, -0.05) is 54.0 Å². The van der Waals surface area contributed by atoms with Crippen LogP contribution in [0.15, 0.2) is 11.6 Å². The third-order valence-corrected chi connectivity index (χ3v) is 13.9. The number of carbonyl (C=O) groups is 3. The number of likely N-dealkylation sites (N-methyl/N-ethyl adjacent to an activating group) is 1. The Labute approximate surface area is 258 Å². The van der Waals surface area contributed by atoms with E-state index in [9.17, 15) is 19.5 Å². The standard InChI is InChI=1S/C35H55NO7/c1-20(2)21(3)31(5)12-13-33(7)23-10-11-26-32(6)18-41-19-35(26,17-25(43-22(4)37)29(32)42-15-14-36-9)24(23)16-27(38)34(33,8)28(31)30(39)40/h16,20-21,23,25-26,28-29,36H,10-15,17-19H2,1-9H3,(H,39,40)/t21-,23+,25-,26+,28-,29+,31-,32+,33-,34+,35+/m1/s1. The van der Waals surface area contributed by atoms with Crippen molar-refractivity contribution in [3.8, 4) is 0 Å². The molecule has 0 unspecified atom stereocenters. The summed E-state index contributed by atoms with van der Waals surface area (Å²) < 4.78 is 19.0. The van der Waals surface area contributed by atoms with Gasteiger partial charge in [0.25, 0.3) is 0 Å². The molecule has 1 aliphatic heterocycles. The van der Waals surface area contributed by atoms with E-state index in [2.05, 4.69) is 46.9 Å². The molecule has 1 heterocycles. The molecule has 1 saturated heterocycles. The SMILES string of the molecule is CNCCO[C@H]1[C@H](OC(C)=O)C[C@@]23COC[C@@]1(C)[C@@H]2CC[C@H]1C3=CC(=O)[C@@]2(C)[C@H](C(=O)O)[C@@](C)([C@H](C)C(C)C)CC[C@]12C. The van der Waals surface area contributed by atoms with E-state index in [0.29, 0.717) is 38.7 Å². The van der Waals surface area contributed by atoms with E-state index in [-0.39, 0.29) is 35.6 Å². The van der Waals surface area contributed by atoms with Crippen LogP contribution in [-0.4, -0.2) is 68.4 Å². The molecule has 5 aliphatic rings. The molecule has 0 aromatic heterocycles. The zero-order chi connectivity index (χ0) is 31.8. The first-order chi connectivity index (χ1) is 20.0. The monoisotopic (exact) mass is 601 g/mol. The summed E-state index contributed by atoms with van der Waals surface area (Å²) in [6.45, 7) is 18.6. The van der Waals surface area contributed by atoms with Crippen molar-refractivity contribution in [2.45, 2.75) is 99.7 Å². The number of hydrogen-bond donors (Lipinski definition) is 2. The average molecular weight is 602 g/mol. The lowest BCUT2D eigenvalue weighted by atomic mass is 9.34. The fraction of sp³-hybridized carbons (Fsp3) is 0.857. The first kappa shape index (κ1) is 32.6. The van der Waals surface area contributed by atoms with E-state index in [1.54, 1.807) is 0 Å². The predicted molar refractivity (Wildman–Crippen MR) is 163 cm³/mol. The van der Waals surface area contributed by atoms with Crippen LogP contribution in [-0.2, 0) is 28.6 Å². The highest BCUT2D eigenvalue weighted by Crippen LogP contribution is 2.74. The molecule has 4 fully saturated rings. The maximum absolute atomic E-state index is 14.7. The number of fused-ring (bicyclic) bond motifs is 3. The highest BCUT2D eigenvalue weighted by atomic mass is 16.6. The number of carboxylic acid groups (broad SMARTS) is 1. The van der Waals surface area contributed by atoms with Gasteiger partial charge in [-0.2, -0.15) is 0 Å². The molecule has 8 nitrogen and oxygen atoms in total. The zero-order valence-electron chi connectivity index (χ0n) is 27.9. The van der Waals surface area contributed by atoms with Gasteiger partial charge in [-0.05, 0) is 79.7 Å². The second-order valence-electron chi connectivity index (χ2n) is 16.0. The summed E-state index contributed by atoms with van der Waals surface area (Å²) >= 11 is 0. The van der Waals surface area contributed by atoms with E-state index >= 15 is 0 Å². The highest BCUT2D eigenvalue weighted by molar-refractivity contribution is 6.00. The van der Waals surface area contributed by atoms with Crippen LogP contribution < -0.4 is 5.32 Å². The molecule has 0 radical (unpaired) electrons. The van der Waals surface area contributed by atoms with E-state index < -0.39 is 45.1 Å². The van der Waals surface area contributed by atoms with Crippen molar-refractivity contribution in [3.63, 3.8) is 0 Å². The summed E-state index contributed by atoms with van der Waals surface area (Å²) in [5.74, 6) is -1.32. The molecular weight excluding hydrogens is 546 g/mol. The lowest BCUT2D eigenvalue weighted by Crippen LogP contribution is -2.71. The Morgan fingerprint density at radius 3 is 2.42 bits per heavy atom. The van der Waals surface area contributed by atoms with Crippen LogP contribution >= 0.6 is 0 Å². The van der Waals surface area contributed by atoms with Crippen LogP contribution in [0.2, 0.25) is 0 Å². The summed E-state index contributed by atoms with van der Waals surface area (Å²) in [6.07, 6.45) is 5.04. The van der Waals surface area contributed by atoms with Crippen LogP contribution in [0.4, 0.5) is 0 Å². The average Bonchev–Trinajstić information content (AvgIpc) is 2.91. The fourth-order valence-electron chi connectivity index (χ4n) is 11.3. The number of ketones is 1. The van der Waals surface area contributed by atoms with E-state index in [1.165, 1.54) is 6.92 Å². The minimum Gasteiger partial charge on any atom is -0.481 e. The molecule has 2 N–H and O–H groups in total. The molecule has 242 valence electrons. The van der Waals surface area contributed by atoms with Crippen molar-refractivity contribution in [2.75, 3.05) is 33.4 Å². The number of rotatable bonds is 8. The van der Waals surface area contributed by atoms with E-state index in [4.69, 9.17) is 14.2 Å². The Bertz CT molecular complexity index is 1180. The van der Waals surface area contributed by atoms with Gasteiger partial charge in [0.05, 0.1) is 25.7 Å². The molecule has 0 aromatic carbocycles. The Balaban J connectivity index is 1.63. The van der Waals surface area contributed by atoms with Crippen LogP contribution in [0.1, 0.15) is 87.5 Å². The molecule has 2 bridgehead atoms. The second-order valence-corrected chi connectivity index (χ2v) is 16.0. The number of carbonyl (C=O) groups excluding carboxylic acids is 2. The largest absolute Gasteiger partial charge is 0.481 e. The summed E-state index contributed by atoms with van der Waals surface area (Å²) in [6, 6.07) is 0. The van der Waals surface area contributed by atoms with Gasteiger partial charge in [0.1, 0.15) is 12.2 Å². The van der Waals surface area contributed by atoms with Crippen LogP contribution in [0, 0.1) is 56.7 Å². The van der Waals surface area contributed by atoms with Crippen LogP contribution in [0.3, 0.4) is 0 Å². The zero-order valence-corrected chi connectivity index (χ0v) is 27.9. The fourth-order valence-corrected chi connectivity index (χ4v) is 11.3. The minimum absolute atomic E-state index is 0.0536. The first-order valence-electron chi connectivity index (χ1n) is 16.5. The number of carboxylic acids is 1. The number of nitrogens with one attached hydrogen (secondary N) is 1. The Hall–Kier alpha value is -1.77. The van der Waals surface area contributed by atoms with Gasteiger partial charge in [-0.3, -0.25) is 14.4 Å². The third-order valence-electron chi connectivity index (χ3n) is 13.9. The quantitative estimate of drug-likeness (QED) is 0.285. The van der Waals surface area contributed by atoms with Crippen molar-refractivity contribution in [1.29, 1.82) is 0 Å². The van der Waals surface area contributed by atoms with Gasteiger partial charge in [0.15, 0.2) is 5.78 Å². The van der Waals surface area contributed by atoms with Gasteiger partial charge < -0.3 is 24.6 Å². The van der Waals surface area contributed by atoms with Crippen molar-refractivity contribution in [1.82, 2.24) is 5.32 Å². The molecule has 0 amide bonds. The number of hydrogen-bond acceptors (Lipinski definition) is 7. The Morgan fingerprint density at radius 1 is 1.12 bits per heavy atom. The molecule has 0 aromatic rings. The summed E-state index contributed by atoms with van der Waals surface area (Å²) in [4.78, 5) is 40.4.